The lowest BCUT2D eigenvalue weighted by Crippen LogP contribution is -2.34. The van der Waals surface area contributed by atoms with Crippen molar-refractivity contribution in [2.75, 3.05) is 26.3 Å². The first-order valence-electron chi connectivity index (χ1n) is 6.92. The average molecular weight is 340 g/mol. The number of hydrogen-bond donors (Lipinski definition) is 2. The van der Waals surface area contributed by atoms with Gasteiger partial charge >= 0.3 is 11.9 Å². The van der Waals surface area contributed by atoms with Crippen LogP contribution < -0.4 is 10.6 Å². The van der Waals surface area contributed by atoms with Gasteiger partial charge < -0.3 is 20.1 Å². The predicted molar refractivity (Wildman–Crippen MR) is 75.6 cm³/mol. The van der Waals surface area contributed by atoms with Crippen molar-refractivity contribution in [3.05, 3.63) is 11.6 Å². The molecular formula is C12H16N6O6. The summed E-state index contributed by atoms with van der Waals surface area (Å²) in [6.07, 6.45) is 0. The maximum Gasteiger partial charge on any atom is 0.325 e. The smallest absolute Gasteiger partial charge is 0.325 e. The third-order valence-electron chi connectivity index (χ3n) is 2.28. The highest BCUT2D eigenvalue weighted by Crippen LogP contribution is 1.89. The molecule has 2 N–H and O–H groups in total. The van der Waals surface area contributed by atoms with Crippen LogP contribution in [0.15, 0.2) is 0 Å². The second-order valence-electron chi connectivity index (χ2n) is 4.02. The van der Waals surface area contributed by atoms with E-state index < -0.39 is 35.4 Å². The molecule has 0 bridgehead atoms. The largest absolute Gasteiger partial charge is 0.465 e. The van der Waals surface area contributed by atoms with E-state index in [0.717, 1.165) is 0 Å². The summed E-state index contributed by atoms with van der Waals surface area (Å²) in [5.41, 5.74) is 0. The zero-order valence-corrected chi connectivity index (χ0v) is 13.1. The number of hydrogen-bond acceptors (Lipinski definition) is 10. The Hall–Kier alpha value is -3.18. The lowest BCUT2D eigenvalue weighted by atomic mass is 10.5. The maximum atomic E-state index is 11.6. The monoisotopic (exact) mass is 340 g/mol. The zero-order chi connectivity index (χ0) is 17.9. The predicted octanol–water partition coefficient (Wildman–Crippen LogP) is -2.15. The molecule has 0 unspecified atom stereocenters. The van der Waals surface area contributed by atoms with Crippen molar-refractivity contribution >= 4 is 23.8 Å². The molecule has 1 heterocycles. The molecule has 1 aromatic heterocycles. The molecule has 0 fully saturated rings. The molecule has 1 aromatic rings. The Labute approximate surface area is 136 Å². The van der Waals surface area contributed by atoms with Crippen LogP contribution in [0.3, 0.4) is 0 Å². The molecule has 2 amide bonds. The average Bonchev–Trinajstić information content (AvgIpc) is 2.58. The molecule has 0 aliphatic heterocycles. The van der Waals surface area contributed by atoms with Crippen LogP contribution in [0.1, 0.15) is 35.1 Å². The van der Waals surface area contributed by atoms with Gasteiger partial charge in [-0.2, -0.15) is 0 Å². The summed E-state index contributed by atoms with van der Waals surface area (Å²) in [6.45, 7) is 2.90. The van der Waals surface area contributed by atoms with Gasteiger partial charge in [-0.15, -0.1) is 20.4 Å². The summed E-state index contributed by atoms with van der Waals surface area (Å²) in [5.74, 6) is -3.71. The molecule has 0 aliphatic carbocycles. The zero-order valence-electron chi connectivity index (χ0n) is 13.1. The van der Waals surface area contributed by atoms with E-state index >= 15 is 0 Å². The first kappa shape index (κ1) is 18.9. The summed E-state index contributed by atoms with van der Waals surface area (Å²) in [4.78, 5) is 45.5. The second kappa shape index (κ2) is 9.76. The first-order chi connectivity index (χ1) is 11.5. The lowest BCUT2D eigenvalue weighted by molar-refractivity contribution is -0.142. The molecule has 12 heteroatoms. The fourth-order valence-corrected chi connectivity index (χ4v) is 1.30. The van der Waals surface area contributed by atoms with E-state index in [-0.39, 0.29) is 26.3 Å². The molecule has 0 aliphatic rings. The lowest BCUT2D eigenvalue weighted by Gasteiger charge is -2.04. The molecular weight excluding hydrogens is 324 g/mol. The third-order valence-corrected chi connectivity index (χ3v) is 2.28. The van der Waals surface area contributed by atoms with E-state index in [1.165, 1.54) is 0 Å². The van der Waals surface area contributed by atoms with E-state index in [1.807, 2.05) is 0 Å². The molecule has 0 spiro atoms. The van der Waals surface area contributed by atoms with Crippen LogP contribution in [0.4, 0.5) is 0 Å². The summed E-state index contributed by atoms with van der Waals surface area (Å²) in [7, 11) is 0. The van der Waals surface area contributed by atoms with E-state index in [4.69, 9.17) is 0 Å². The number of nitrogens with zero attached hydrogens (tertiary/aromatic N) is 4. The number of aromatic nitrogens is 4. The normalized spacial score (nSPS) is 9.75. The van der Waals surface area contributed by atoms with Gasteiger partial charge in [-0.05, 0) is 13.8 Å². The number of amides is 2. The number of esters is 2. The van der Waals surface area contributed by atoms with Crippen molar-refractivity contribution in [2.45, 2.75) is 13.8 Å². The molecule has 0 aromatic carbocycles. The van der Waals surface area contributed by atoms with E-state index in [1.54, 1.807) is 13.8 Å². The highest BCUT2D eigenvalue weighted by molar-refractivity contribution is 5.94. The van der Waals surface area contributed by atoms with Crippen LogP contribution in [-0.4, -0.2) is 70.5 Å². The van der Waals surface area contributed by atoms with E-state index in [2.05, 4.69) is 40.5 Å². The second-order valence-corrected chi connectivity index (χ2v) is 4.02. The van der Waals surface area contributed by atoms with Gasteiger partial charge in [-0.25, -0.2) is 0 Å². The molecule has 1 rings (SSSR count). The van der Waals surface area contributed by atoms with Crippen molar-refractivity contribution in [1.82, 2.24) is 31.0 Å². The minimum absolute atomic E-state index is 0.184. The van der Waals surface area contributed by atoms with Crippen LogP contribution >= 0.6 is 0 Å². The topological polar surface area (TPSA) is 162 Å². The Kier molecular flexibility index (Phi) is 7.67. The number of ether oxygens (including phenoxy) is 2. The van der Waals surface area contributed by atoms with Crippen LogP contribution in [0.2, 0.25) is 0 Å². The highest BCUT2D eigenvalue weighted by atomic mass is 16.5. The fourth-order valence-electron chi connectivity index (χ4n) is 1.30. The van der Waals surface area contributed by atoms with Crippen molar-refractivity contribution in [3.63, 3.8) is 0 Å². The maximum absolute atomic E-state index is 11.6. The van der Waals surface area contributed by atoms with Gasteiger partial charge in [0.25, 0.3) is 23.5 Å². The Morgan fingerprint density at radius 3 is 1.38 bits per heavy atom. The molecule has 0 atom stereocenters. The SMILES string of the molecule is CCOC(=O)CNC(=O)c1nnc(C(=O)NCC(=O)OCC)nn1. The number of nitrogens with one attached hydrogen (secondary N) is 2. The minimum Gasteiger partial charge on any atom is -0.465 e. The van der Waals surface area contributed by atoms with Gasteiger partial charge in [0.05, 0.1) is 13.2 Å². The van der Waals surface area contributed by atoms with Gasteiger partial charge in [0, 0.05) is 0 Å². The number of carbonyl (C=O) groups excluding carboxylic acids is 4. The molecule has 12 nitrogen and oxygen atoms in total. The molecule has 24 heavy (non-hydrogen) atoms. The molecule has 0 saturated carbocycles. The van der Waals surface area contributed by atoms with Crippen molar-refractivity contribution in [2.24, 2.45) is 0 Å². The molecule has 130 valence electrons. The summed E-state index contributed by atoms with van der Waals surface area (Å²) < 4.78 is 9.25. The van der Waals surface area contributed by atoms with E-state index in [9.17, 15) is 19.2 Å². The Balaban J connectivity index is 2.52. The van der Waals surface area contributed by atoms with Gasteiger partial charge in [-0.3, -0.25) is 19.2 Å². The number of rotatable bonds is 8. The quantitative estimate of drug-likeness (QED) is 0.499. The van der Waals surface area contributed by atoms with E-state index in [0.29, 0.717) is 0 Å². The Morgan fingerprint density at radius 2 is 1.08 bits per heavy atom. The fraction of sp³-hybridized carbons (Fsp3) is 0.500. The highest BCUT2D eigenvalue weighted by Gasteiger charge is 2.16. The van der Waals surface area contributed by atoms with Gasteiger partial charge in [-0.1, -0.05) is 0 Å². The third kappa shape index (κ3) is 6.29. The summed E-state index contributed by atoms with van der Waals surface area (Å²) in [5, 5.41) is 18.1. The van der Waals surface area contributed by atoms with Crippen molar-refractivity contribution in [1.29, 1.82) is 0 Å². The first-order valence-corrected chi connectivity index (χ1v) is 6.92. The van der Waals surface area contributed by atoms with Crippen molar-refractivity contribution < 1.29 is 28.7 Å². The minimum atomic E-state index is -0.804. The number of carbonyl (C=O) groups is 4. The van der Waals surface area contributed by atoms with Gasteiger partial charge in [0.2, 0.25) is 0 Å². The van der Waals surface area contributed by atoms with Crippen LogP contribution in [0.25, 0.3) is 0 Å². The van der Waals surface area contributed by atoms with Gasteiger partial charge in [0.1, 0.15) is 13.1 Å². The molecule has 0 saturated heterocycles. The van der Waals surface area contributed by atoms with Crippen LogP contribution in [0, 0.1) is 0 Å². The van der Waals surface area contributed by atoms with Gasteiger partial charge in [0.15, 0.2) is 0 Å². The standard InChI is InChI=1S/C12H16N6O6/c1-3-23-7(19)5-13-11(21)9-15-17-10(18-16-9)12(22)14-6-8(20)24-4-2/h3-6H2,1-2H3,(H,13,21)(H,14,22). The van der Waals surface area contributed by atoms with Crippen LogP contribution in [-0.2, 0) is 19.1 Å². The van der Waals surface area contributed by atoms with Crippen molar-refractivity contribution in [3.8, 4) is 0 Å². The van der Waals surface area contributed by atoms with Crippen LogP contribution in [0.5, 0.6) is 0 Å². The summed E-state index contributed by atoms with van der Waals surface area (Å²) >= 11 is 0. The Morgan fingerprint density at radius 1 is 0.750 bits per heavy atom. The molecule has 0 radical (unpaired) electrons. The summed E-state index contributed by atoms with van der Waals surface area (Å²) in [6, 6.07) is 0. The Bertz CT molecular complexity index is 552.